The Morgan fingerprint density at radius 2 is 1.92 bits per heavy atom. The van der Waals surface area contributed by atoms with Crippen molar-refractivity contribution in [1.29, 1.82) is 0 Å². The molecule has 0 unspecified atom stereocenters. The number of benzene rings is 1. The number of unbranched alkanes of at least 4 members (excludes halogenated alkanes) is 2. The van der Waals surface area contributed by atoms with Crippen LogP contribution in [0.5, 0.6) is 23.3 Å². The number of nitrogens with zero attached hydrogens (tertiary/aromatic N) is 2. The fraction of sp³-hybridized carbons (Fsp3) is 0.389. The molecule has 2 rings (SSSR count). The summed E-state index contributed by atoms with van der Waals surface area (Å²) in [5.74, 6) is 1.35. The standard InChI is InChI=1S/C18H24N4O4/c1-3-4-5-8-20-10-13-6-7-14(15(9-13)24-2)25-16-11-22-17(12-21-16)26-18(19)23/h6-7,9,11-12,20H,3-5,8,10H2,1-2H3,(H2,19,23). The van der Waals surface area contributed by atoms with Crippen molar-refractivity contribution in [3.8, 4) is 23.3 Å². The molecular weight excluding hydrogens is 336 g/mol. The van der Waals surface area contributed by atoms with E-state index in [1.165, 1.54) is 31.7 Å². The van der Waals surface area contributed by atoms with E-state index in [9.17, 15) is 4.79 Å². The van der Waals surface area contributed by atoms with Gasteiger partial charge >= 0.3 is 6.09 Å². The second kappa shape index (κ2) is 10.2. The van der Waals surface area contributed by atoms with Crippen molar-refractivity contribution < 1.29 is 19.0 Å². The largest absolute Gasteiger partial charge is 0.493 e. The summed E-state index contributed by atoms with van der Waals surface area (Å²) in [6, 6.07) is 5.69. The van der Waals surface area contributed by atoms with Gasteiger partial charge in [-0.25, -0.2) is 14.8 Å². The van der Waals surface area contributed by atoms with Crippen molar-refractivity contribution in [2.75, 3.05) is 13.7 Å². The second-order valence-electron chi connectivity index (χ2n) is 5.59. The smallest absolute Gasteiger partial charge is 0.411 e. The number of methoxy groups -OCH3 is 1. The molecule has 140 valence electrons. The number of nitrogens with one attached hydrogen (secondary N) is 1. The highest BCUT2D eigenvalue weighted by Gasteiger charge is 2.09. The number of carbonyl (C=O) groups is 1. The minimum absolute atomic E-state index is 0.00121. The van der Waals surface area contributed by atoms with Crippen molar-refractivity contribution >= 4 is 6.09 Å². The number of hydrogen-bond donors (Lipinski definition) is 2. The van der Waals surface area contributed by atoms with Crippen LogP contribution in [0.2, 0.25) is 0 Å². The molecule has 0 spiro atoms. The van der Waals surface area contributed by atoms with Crippen LogP contribution in [-0.2, 0) is 6.54 Å². The van der Waals surface area contributed by atoms with Gasteiger partial charge in [-0.15, -0.1) is 0 Å². The Labute approximate surface area is 152 Å². The van der Waals surface area contributed by atoms with E-state index in [0.717, 1.165) is 18.7 Å². The molecule has 8 nitrogen and oxygen atoms in total. The molecule has 0 radical (unpaired) electrons. The van der Waals surface area contributed by atoms with Gasteiger partial charge in [0.15, 0.2) is 11.5 Å². The Hall–Kier alpha value is -2.87. The van der Waals surface area contributed by atoms with Gasteiger partial charge in [-0.3, -0.25) is 0 Å². The molecule has 1 aromatic heterocycles. The van der Waals surface area contributed by atoms with Gasteiger partial charge in [0, 0.05) is 6.54 Å². The highest BCUT2D eigenvalue weighted by Crippen LogP contribution is 2.31. The van der Waals surface area contributed by atoms with E-state index in [1.807, 2.05) is 18.2 Å². The number of hydrogen-bond acceptors (Lipinski definition) is 7. The molecule has 3 N–H and O–H groups in total. The molecule has 8 heteroatoms. The van der Waals surface area contributed by atoms with Gasteiger partial charge in [0.05, 0.1) is 19.5 Å². The first kappa shape index (κ1) is 19.5. The first-order valence-electron chi connectivity index (χ1n) is 8.47. The van der Waals surface area contributed by atoms with E-state index < -0.39 is 6.09 Å². The summed E-state index contributed by atoms with van der Waals surface area (Å²) < 4.78 is 15.7. The zero-order valence-electron chi connectivity index (χ0n) is 15.0. The topological polar surface area (TPSA) is 109 Å². The summed E-state index contributed by atoms with van der Waals surface area (Å²) in [5, 5.41) is 3.41. The Morgan fingerprint density at radius 3 is 2.58 bits per heavy atom. The number of amides is 1. The molecule has 0 aliphatic heterocycles. The van der Waals surface area contributed by atoms with Gasteiger partial charge in [0.25, 0.3) is 0 Å². The molecule has 1 aromatic carbocycles. The molecule has 0 aliphatic carbocycles. The van der Waals surface area contributed by atoms with Crippen LogP contribution in [0.3, 0.4) is 0 Å². The van der Waals surface area contributed by atoms with E-state index in [-0.39, 0.29) is 11.8 Å². The minimum atomic E-state index is -0.950. The van der Waals surface area contributed by atoms with E-state index in [1.54, 1.807) is 7.11 Å². The molecular formula is C18H24N4O4. The summed E-state index contributed by atoms with van der Waals surface area (Å²) in [4.78, 5) is 18.6. The lowest BCUT2D eigenvalue weighted by Crippen LogP contribution is -2.17. The lowest BCUT2D eigenvalue weighted by molar-refractivity contribution is 0.208. The maximum atomic E-state index is 10.7. The normalized spacial score (nSPS) is 10.4. The average Bonchev–Trinajstić information content (AvgIpc) is 2.63. The molecule has 0 fully saturated rings. The predicted molar refractivity (Wildman–Crippen MR) is 96.5 cm³/mol. The van der Waals surface area contributed by atoms with Crippen LogP contribution in [0, 0.1) is 0 Å². The molecule has 2 aromatic rings. The van der Waals surface area contributed by atoms with Crippen LogP contribution in [-0.4, -0.2) is 29.7 Å². The van der Waals surface area contributed by atoms with Crippen molar-refractivity contribution in [2.45, 2.75) is 32.7 Å². The molecule has 26 heavy (non-hydrogen) atoms. The first-order valence-corrected chi connectivity index (χ1v) is 8.47. The molecule has 1 amide bonds. The third kappa shape index (κ3) is 6.21. The van der Waals surface area contributed by atoms with Crippen LogP contribution in [0.25, 0.3) is 0 Å². The summed E-state index contributed by atoms with van der Waals surface area (Å²) in [7, 11) is 1.58. The molecule has 1 heterocycles. The maximum Gasteiger partial charge on any atom is 0.411 e. The number of ether oxygens (including phenoxy) is 3. The Balaban J connectivity index is 1.97. The Bertz CT molecular complexity index is 707. The number of primary amides is 1. The monoisotopic (exact) mass is 360 g/mol. The predicted octanol–water partition coefficient (Wildman–Crippen LogP) is 3.01. The van der Waals surface area contributed by atoms with E-state index in [0.29, 0.717) is 11.5 Å². The zero-order chi connectivity index (χ0) is 18.8. The number of rotatable bonds is 10. The molecule has 0 atom stereocenters. The van der Waals surface area contributed by atoms with Gasteiger partial charge in [0.2, 0.25) is 11.8 Å². The summed E-state index contributed by atoms with van der Waals surface area (Å²) >= 11 is 0. The molecule has 0 saturated carbocycles. The number of carbonyl (C=O) groups excluding carboxylic acids is 1. The quantitative estimate of drug-likeness (QED) is 0.627. The van der Waals surface area contributed by atoms with E-state index in [2.05, 4.69) is 26.9 Å². The summed E-state index contributed by atoms with van der Waals surface area (Å²) in [5.41, 5.74) is 6.01. The molecule has 0 saturated heterocycles. The first-order chi connectivity index (χ1) is 12.6. The Kier molecular flexibility index (Phi) is 7.63. The van der Waals surface area contributed by atoms with Crippen LogP contribution >= 0.6 is 0 Å². The van der Waals surface area contributed by atoms with Crippen LogP contribution < -0.4 is 25.3 Å². The lowest BCUT2D eigenvalue weighted by atomic mass is 10.2. The van der Waals surface area contributed by atoms with Gasteiger partial charge in [-0.05, 0) is 30.7 Å². The van der Waals surface area contributed by atoms with Gasteiger partial charge in [0.1, 0.15) is 0 Å². The van der Waals surface area contributed by atoms with Gasteiger partial charge in [-0.1, -0.05) is 25.8 Å². The van der Waals surface area contributed by atoms with E-state index in [4.69, 9.17) is 15.2 Å². The Morgan fingerprint density at radius 1 is 1.15 bits per heavy atom. The van der Waals surface area contributed by atoms with Crippen molar-refractivity contribution in [3.05, 3.63) is 36.2 Å². The van der Waals surface area contributed by atoms with Crippen molar-refractivity contribution in [2.24, 2.45) is 5.73 Å². The number of aromatic nitrogens is 2. The van der Waals surface area contributed by atoms with Gasteiger partial charge < -0.3 is 25.3 Å². The van der Waals surface area contributed by atoms with Gasteiger partial charge in [-0.2, -0.15) is 0 Å². The van der Waals surface area contributed by atoms with Crippen molar-refractivity contribution in [1.82, 2.24) is 15.3 Å². The fourth-order valence-electron chi connectivity index (χ4n) is 2.26. The number of nitrogens with two attached hydrogens (primary N) is 1. The van der Waals surface area contributed by atoms with Crippen LogP contribution in [0.15, 0.2) is 30.6 Å². The average molecular weight is 360 g/mol. The van der Waals surface area contributed by atoms with Crippen LogP contribution in [0.1, 0.15) is 31.7 Å². The highest BCUT2D eigenvalue weighted by atomic mass is 16.6. The summed E-state index contributed by atoms with van der Waals surface area (Å²) in [6.07, 6.45) is 5.24. The fourth-order valence-corrected chi connectivity index (χ4v) is 2.26. The highest BCUT2D eigenvalue weighted by molar-refractivity contribution is 5.67. The lowest BCUT2D eigenvalue weighted by Gasteiger charge is -2.12. The zero-order valence-corrected chi connectivity index (χ0v) is 15.0. The van der Waals surface area contributed by atoms with E-state index >= 15 is 0 Å². The summed E-state index contributed by atoms with van der Waals surface area (Å²) in [6.45, 7) is 3.94. The molecule has 0 aliphatic rings. The minimum Gasteiger partial charge on any atom is -0.493 e. The van der Waals surface area contributed by atoms with Crippen LogP contribution in [0.4, 0.5) is 4.79 Å². The SMILES string of the molecule is CCCCCNCc1ccc(Oc2cnc(OC(N)=O)cn2)c(OC)c1. The second-order valence-corrected chi connectivity index (χ2v) is 5.59. The van der Waals surface area contributed by atoms with Crippen molar-refractivity contribution in [3.63, 3.8) is 0 Å². The maximum absolute atomic E-state index is 10.7. The third-order valence-corrected chi connectivity index (χ3v) is 3.54. The third-order valence-electron chi connectivity index (χ3n) is 3.54. The molecule has 0 bridgehead atoms.